The van der Waals surface area contributed by atoms with Gasteiger partial charge in [0.25, 0.3) is 0 Å². The van der Waals surface area contributed by atoms with Gasteiger partial charge in [0, 0.05) is 38.3 Å². The van der Waals surface area contributed by atoms with Gasteiger partial charge in [-0.25, -0.2) is 8.42 Å². The minimum Gasteiger partial charge on any atom is -0.338 e. The van der Waals surface area contributed by atoms with E-state index in [9.17, 15) is 18.0 Å². The zero-order valence-corrected chi connectivity index (χ0v) is 19.8. The Hall–Kier alpha value is -2.71. The first-order valence-corrected chi connectivity index (χ1v) is 13.0. The van der Waals surface area contributed by atoms with Gasteiger partial charge in [-0.1, -0.05) is 42.7 Å². The lowest BCUT2D eigenvalue weighted by Crippen LogP contribution is -2.32. The van der Waals surface area contributed by atoms with Gasteiger partial charge in [-0.3, -0.25) is 9.59 Å². The summed E-state index contributed by atoms with van der Waals surface area (Å²) in [6.45, 7) is 3.99. The molecule has 1 N–H and O–H groups in total. The van der Waals surface area contributed by atoms with E-state index >= 15 is 0 Å². The van der Waals surface area contributed by atoms with Gasteiger partial charge in [-0.15, -0.1) is 0 Å². The number of carbonyl (C=O) groups is 2. The molecule has 0 bridgehead atoms. The van der Waals surface area contributed by atoms with Gasteiger partial charge in [0.15, 0.2) is 0 Å². The molecule has 0 spiro atoms. The summed E-state index contributed by atoms with van der Waals surface area (Å²) < 4.78 is 27.4. The molecule has 0 aromatic heterocycles. The smallest absolute Gasteiger partial charge is 0.243 e. The van der Waals surface area contributed by atoms with Crippen LogP contribution in [-0.4, -0.2) is 49.1 Å². The molecule has 0 aliphatic carbocycles. The minimum atomic E-state index is -3.52. The van der Waals surface area contributed by atoms with Crippen molar-refractivity contribution < 1.29 is 18.0 Å². The number of nitrogens with one attached hydrogen (secondary N) is 1. The van der Waals surface area contributed by atoms with Gasteiger partial charge in [0.2, 0.25) is 21.8 Å². The molecule has 2 fully saturated rings. The van der Waals surface area contributed by atoms with Crippen LogP contribution < -0.4 is 5.32 Å². The summed E-state index contributed by atoms with van der Waals surface area (Å²) in [7, 11) is -3.52. The van der Waals surface area contributed by atoms with E-state index in [0.29, 0.717) is 31.9 Å². The van der Waals surface area contributed by atoms with E-state index in [-0.39, 0.29) is 23.1 Å². The fourth-order valence-electron chi connectivity index (χ4n) is 4.40. The van der Waals surface area contributed by atoms with Crippen LogP contribution in [0, 0.1) is 12.8 Å². The number of carbonyl (C=O) groups excluding carboxylic acids is 2. The van der Waals surface area contributed by atoms with Crippen molar-refractivity contribution in [3.63, 3.8) is 0 Å². The number of nitrogens with zero attached hydrogens (tertiary/aromatic N) is 2. The van der Waals surface area contributed by atoms with Crippen molar-refractivity contribution >= 4 is 27.5 Å². The highest BCUT2D eigenvalue weighted by Crippen LogP contribution is 2.24. The monoisotopic (exact) mass is 469 g/mol. The van der Waals surface area contributed by atoms with Crippen LogP contribution in [0.2, 0.25) is 0 Å². The quantitative estimate of drug-likeness (QED) is 0.701. The summed E-state index contributed by atoms with van der Waals surface area (Å²) in [6.07, 6.45) is 4.06. The number of hydrogen-bond acceptors (Lipinski definition) is 4. The number of hydrogen-bond donors (Lipinski definition) is 1. The highest BCUT2D eigenvalue weighted by atomic mass is 32.2. The Morgan fingerprint density at radius 3 is 2.24 bits per heavy atom. The largest absolute Gasteiger partial charge is 0.338 e. The van der Waals surface area contributed by atoms with E-state index in [0.717, 1.165) is 36.8 Å². The maximum absolute atomic E-state index is 12.9. The zero-order valence-electron chi connectivity index (χ0n) is 19.0. The number of amides is 2. The van der Waals surface area contributed by atoms with Crippen LogP contribution in [0.1, 0.15) is 43.2 Å². The Bertz CT molecular complexity index is 1090. The van der Waals surface area contributed by atoms with E-state index in [2.05, 4.69) is 5.32 Å². The maximum Gasteiger partial charge on any atom is 0.243 e. The number of rotatable bonds is 6. The molecule has 2 amide bonds. The highest BCUT2D eigenvalue weighted by molar-refractivity contribution is 7.89. The van der Waals surface area contributed by atoms with Crippen molar-refractivity contribution in [3.05, 3.63) is 59.7 Å². The summed E-state index contributed by atoms with van der Waals surface area (Å²) in [5.41, 5.74) is 2.73. The predicted molar refractivity (Wildman–Crippen MR) is 127 cm³/mol. The molecule has 2 aliphatic rings. The summed E-state index contributed by atoms with van der Waals surface area (Å²) in [5, 5.41) is 2.84. The molecule has 1 atom stereocenters. The molecule has 0 unspecified atom stereocenters. The first kappa shape index (κ1) is 23.4. The maximum atomic E-state index is 12.9. The van der Waals surface area contributed by atoms with Crippen LogP contribution in [0.25, 0.3) is 0 Å². The lowest BCUT2D eigenvalue weighted by Gasteiger charge is -2.20. The third kappa shape index (κ3) is 5.62. The summed E-state index contributed by atoms with van der Waals surface area (Å²) in [6, 6.07) is 14.3. The van der Waals surface area contributed by atoms with Gasteiger partial charge < -0.3 is 10.2 Å². The number of sulfonamides is 1. The molecule has 2 heterocycles. The first-order chi connectivity index (χ1) is 15.8. The van der Waals surface area contributed by atoms with E-state index < -0.39 is 15.9 Å². The van der Waals surface area contributed by atoms with E-state index in [1.54, 1.807) is 33.5 Å². The molecule has 4 rings (SSSR count). The van der Waals surface area contributed by atoms with Crippen molar-refractivity contribution in [1.82, 2.24) is 9.21 Å². The molecule has 2 aliphatic heterocycles. The normalized spacial score (nSPS) is 20.0. The molecule has 33 heavy (non-hydrogen) atoms. The third-order valence-electron chi connectivity index (χ3n) is 6.40. The molecular weight excluding hydrogens is 438 g/mol. The molecule has 0 radical (unpaired) electrons. The highest BCUT2D eigenvalue weighted by Gasteiger charge is 2.34. The Morgan fingerprint density at radius 1 is 0.970 bits per heavy atom. The lowest BCUT2D eigenvalue weighted by atomic mass is 10.1. The number of aryl methyl sites for hydroxylation is 1. The van der Waals surface area contributed by atoms with Gasteiger partial charge in [0.05, 0.1) is 10.8 Å². The third-order valence-corrected chi connectivity index (χ3v) is 8.32. The predicted octanol–water partition coefficient (Wildman–Crippen LogP) is 3.55. The Morgan fingerprint density at radius 2 is 1.61 bits per heavy atom. The minimum absolute atomic E-state index is 0.0328. The van der Waals surface area contributed by atoms with Gasteiger partial charge in [-0.05, 0) is 49.6 Å². The topological polar surface area (TPSA) is 86.8 Å². The van der Waals surface area contributed by atoms with E-state index in [4.69, 9.17) is 0 Å². The standard InChI is InChI=1S/C25H31N3O4S/c1-19-6-8-20(9-7-19)17-27-18-21(16-24(27)29)25(30)26-22-10-12-23(13-11-22)33(31,32)28-14-4-2-3-5-15-28/h6-13,21H,2-5,14-18H2,1H3,(H,26,30)/t21-/m0/s1. The van der Waals surface area contributed by atoms with Crippen molar-refractivity contribution in [2.24, 2.45) is 5.92 Å². The molecule has 2 aromatic rings. The zero-order chi connectivity index (χ0) is 23.4. The fourth-order valence-corrected chi connectivity index (χ4v) is 5.92. The first-order valence-electron chi connectivity index (χ1n) is 11.6. The summed E-state index contributed by atoms with van der Waals surface area (Å²) >= 11 is 0. The van der Waals surface area contributed by atoms with E-state index in [1.807, 2.05) is 31.2 Å². The SMILES string of the molecule is Cc1ccc(CN2C[C@@H](C(=O)Nc3ccc(S(=O)(=O)N4CCCCCC4)cc3)CC2=O)cc1. The molecular formula is C25H31N3O4S. The van der Waals surface area contributed by atoms with Gasteiger partial charge in [-0.2, -0.15) is 4.31 Å². The van der Waals surface area contributed by atoms with Crippen molar-refractivity contribution in [2.75, 3.05) is 25.0 Å². The average Bonchev–Trinajstić information content (AvgIpc) is 2.99. The Balaban J connectivity index is 1.35. The van der Waals surface area contributed by atoms with Crippen LogP contribution in [0.3, 0.4) is 0 Å². The molecule has 8 heteroatoms. The van der Waals surface area contributed by atoms with Crippen molar-refractivity contribution in [1.29, 1.82) is 0 Å². The second kappa shape index (κ2) is 10.1. The number of likely N-dealkylation sites (tertiary alicyclic amines) is 1. The molecule has 0 saturated carbocycles. The van der Waals surface area contributed by atoms with Crippen LogP contribution in [0.15, 0.2) is 53.4 Å². The van der Waals surface area contributed by atoms with Crippen LogP contribution in [0.5, 0.6) is 0 Å². The average molecular weight is 470 g/mol. The van der Waals surface area contributed by atoms with Crippen LogP contribution in [0.4, 0.5) is 5.69 Å². The van der Waals surface area contributed by atoms with Crippen LogP contribution in [-0.2, 0) is 26.2 Å². The fraction of sp³-hybridized carbons (Fsp3) is 0.440. The number of benzene rings is 2. The lowest BCUT2D eigenvalue weighted by molar-refractivity contribution is -0.128. The van der Waals surface area contributed by atoms with Crippen molar-refractivity contribution in [3.8, 4) is 0 Å². The molecule has 176 valence electrons. The van der Waals surface area contributed by atoms with E-state index in [1.165, 1.54) is 0 Å². The Kier molecular flexibility index (Phi) is 7.14. The second-order valence-corrected chi connectivity index (χ2v) is 10.9. The second-order valence-electron chi connectivity index (χ2n) is 8.99. The van der Waals surface area contributed by atoms with Gasteiger partial charge >= 0.3 is 0 Å². The molecule has 2 aromatic carbocycles. The van der Waals surface area contributed by atoms with Gasteiger partial charge in [0.1, 0.15) is 0 Å². The van der Waals surface area contributed by atoms with Crippen molar-refractivity contribution in [2.45, 2.75) is 50.5 Å². The number of anilines is 1. The summed E-state index contributed by atoms with van der Waals surface area (Å²) in [4.78, 5) is 27.1. The Labute approximate surface area is 195 Å². The molecule has 7 nitrogen and oxygen atoms in total. The van der Waals surface area contributed by atoms with Crippen LogP contribution >= 0.6 is 0 Å². The molecule has 2 saturated heterocycles. The summed E-state index contributed by atoms with van der Waals surface area (Å²) in [5.74, 6) is -0.684.